The van der Waals surface area contributed by atoms with E-state index in [2.05, 4.69) is 5.32 Å². The Morgan fingerprint density at radius 3 is 2.64 bits per heavy atom. The molecule has 128 valence electrons. The highest BCUT2D eigenvalue weighted by atomic mass is 16.5. The van der Waals surface area contributed by atoms with Crippen LogP contribution in [0.5, 0.6) is 5.75 Å². The van der Waals surface area contributed by atoms with Gasteiger partial charge in [0.15, 0.2) is 6.61 Å². The van der Waals surface area contributed by atoms with E-state index in [1.807, 2.05) is 61.5 Å². The molecule has 1 unspecified atom stereocenters. The second-order valence-electron chi connectivity index (χ2n) is 5.77. The lowest BCUT2D eigenvalue weighted by Gasteiger charge is -2.17. The highest BCUT2D eigenvalue weighted by Gasteiger charge is 2.19. The smallest absolute Gasteiger partial charge is 0.338 e. The third-order valence-electron chi connectivity index (χ3n) is 3.91. The lowest BCUT2D eigenvalue weighted by atomic mass is 10.1. The van der Waals surface area contributed by atoms with E-state index in [-0.39, 0.29) is 25.2 Å². The lowest BCUT2D eigenvalue weighted by molar-refractivity contribution is -0.145. The predicted octanol–water partition coefficient (Wildman–Crippen LogP) is 2.88. The third kappa shape index (κ3) is 4.26. The number of para-hydroxylation sites is 1. The number of benzene rings is 2. The summed E-state index contributed by atoms with van der Waals surface area (Å²) in [6.45, 7) is 1.69. The van der Waals surface area contributed by atoms with Crippen LogP contribution in [0.3, 0.4) is 0 Å². The number of esters is 1. The molecule has 1 aliphatic rings. The highest BCUT2D eigenvalue weighted by molar-refractivity contribution is 5.96. The van der Waals surface area contributed by atoms with Gasteiger partial charge < -0.3 is 14.8 Å². The number of rotatable bonds is 5. The zero-order chi connectivity index (χ0) is 17.6. The summed E-state index contributed by atoms with van der Waals surface area (Å²) in [5, 5.41) is 2.80. The minimum atomic E-state index is -0.544. The molecule has 0 radical (unpaired) electrons. The Labute approximate surface area is 146 Å². The number of nitrogens with one attached hydrogen (secondary N) is 1. The van der Waals surface area contributed by atoms with E-state index >= 15 is 0 Å². The van der Waals surface area contributed by atoms with Crippen LogP contribution in [0.4, 0.5) is 0 Å². The molecule has 0 aliphatic carbocycles. The second-order valence-corrected chi connectivity index (χ2v) is 5.77. The van der Waals surface area contributed by atoms with Crippen LogP contribution >= 0.6 is 0 Å². The van der Waals surface area contributed by atoms with Gasteiger partial charge in [-0.3, -0.25) is 4.79 Å². The second kappa shape index (κ2) is 7.66. The molecule has 0 saturated heterocycles. The van der Waals surface area contributed by atoms with Gasteiger partial charge in [0.05, 0.1) is 11.6 Å². The molecule has 3 rings (SSSR count). The van der Waals surface area contributed by atoms with Crippen molar-refractivity contribution in [2.24, 2.45) is 0 Å². The van der Waals surface area contributed by atoms with Crippen LogP contribution in [0.15, 0.2) is 60.2 Å². The molecule has 5 nitrogen and oxygen atoms in total. The first kappa shape index (κ1) is 16.8. The van der Waals surface area contributed by atoms with Crippen LogP contribution in [-0.4, -0.2) is 25.1 Å². The maximum absolute atomic E-state index is 12.1. The Balaban J connectivity index is 1.52. The number of carbonyl (C=O) groups is 2. The first-order valence-electron chi connectivity index (χ1n) is 8.07. The van der Waals surface area contributed by atoms with E-state index in [4.69, 9.17) is 9.47 Å². The molecule has 0 aromatic heterocycles. The van der Waals surface area contributed by atoms with Crippen molar-refractivity contribution in [2.75, 3.05) is 13.2 Å². The molecule has 0 fully saturated rings. The van der Waals surface area contributed by atoms with E-state index in [1.54, 1.807) is 6.08 Å². The van der Waals surface area contributed by atoms with Crippen LogP contribution in [0, 0.1) is 0 Å². The monoisotopic (exact) mass is 337 g/mol. The van der Waals surface area contributed by atoms with Crippen molar-refractivity contribution in [3.8, 4) is 5.75 Å². The Morgan fingerprint density at radius 1 is 1.12 bits per heavy atom. The average Bonchev–Trinajstić information content (AvgIpc) is 2.66. The van der Waals surface area contributed by atoms with Crippen molar-refractivity contribution >= 4 is 18.0 Å². The normalized spacial score (nSPS) is 13.7. The molecule has 0 spiro atoms. The van der Waals surface area contributed by atoms with Gasteiger partial charge in [-0.2, -0.15) is 0 Å². The fraction of sp³-hybridized carbons (Fsp3) is 0.200. The molecule has 0 bridgehead atoms. The van der Waals surface area contributed by atoms with Gasteiger partial charge in [-0.05, 0) is 24.6 Å². The van der Waals surface area contributed by atoms with Crippen LogP contribution in [0.2, 0.25) is 0 Å². The molecule has 0 saturated carbocycles. The molecule has 1 aliphatic heterocycles. The van der Waals surface area contributed by atoms with Crippen molar-refractivity contribution in [2.45, 2.75) is 13.0 Å². The molecule has 1 N–H and O–H groups in total. The first-order valence-corrected chi connectivity index (χ1v) is 8.07. The van der Waals surface area contributed by atoms with Gasteiger partial charge in [0, 0.05) is 5.56 Å². The Hall–Kier alpha value is -3.08. The zero-order valence-electron chi connectivity index (χ0n) is 13.9. The summed E-state index contributed by atoms with van der Waals surface area (Å²) in [6.07, 6.45) is 1.73. The van der Waals surface area contributed by atoms with Crippen molar-refractivity contribution < 1.29 is 19.1 Å². The minimum absolute atomic E-state index is 0.137. The highest BCUT2D eigenvalue weighted by Crippen LogP contribution is 2.26. The summed E-state index contributed by atoms with van der Waals surface area (Å²) in [5.74, 6) is -0.159. The van der Waals surface area contributed by atoms with Gasteiger partial charge in [0.1, 0.15) is 12.4 Å². The van der Waals surface area contributed by atoms with Crippen molar-refractivity contribution in [3.63, 3.8) is 0 Å². The summed E-state index contributed by atoms with van der Waals surface area (Å²) in [4.78, 5) is 24.1. The largest absolute Gasteiger partial charge is 0.488 e. The van der Waals surface area contributed by atoms with Gasteiger partial charge in [-0.25, -0.2) is 4.79 Å². The number of fused-ring (bicyclic) bond motifs is 1. The van der Waals surface area contributed by atoms with E-state index in [1.165, 1.54) is 0 Å². The quantitative estimate of drug-likeness (QED) is 0.852. The van der Waals surface area contributed by atoms with Gasteiger partial charge in [0.25, 0.3) is 5.91 Å². The molecule has 25 heavy (non-hydrogen) atoms. The summed E-state index contributed by atoms with van der Waals surface area (Å²) in [7, 11) is 0. The van der Waals surface area contributed by atoms with Crippen molar-refractivity contribution in [1.82, 2.24) is 5.32 Å². The summed E-state index contributed by atoms with van der Waals surface area (Å²) < 4.78 is 10.6. The van der Waals surface area contributed by atoms with Gasteiger partial charge in [-0.15, -0.1) is 0 Å². The molecule has 1 heterocycles. The van der Waals surface area contributed by atoms with Crippen LogP contribution < -0.4 is 10.1 Å². The molecule has 1 atom stereocenters. The maximum Gasteiger partial charge on any atom is 0.338 e. The van der Waals surface area contributed by atoms with E-state index in [0.29, 0.717) is 5.57 Å². The van der Waals surface area contributed by atoms with E-state index in [0.717, 1.165) is 16.9 Å². The minimum Gasteiger partial charge on any atom is -0.488 e. The van der Waals surface area contributed by atoms with Gasteiger partial charge in [0.2, 0.25) is 0 Å². The molecular weight excluding hydrogens is 318 g/mol. The zero-order valence-corrected chi connectivity index (χ0v) is 13.9. The third-order valence-corrected chi connectivity index (χ3v) is 3.91. The first-order chi connectivity index (χ1) is 12.1. The number of carbonyl (C=O) groups excluding carboxylic acids is 2. The number of hydrogen-bond acceptors (Lipinski definition) is 4. The van der Waals surface area contributed by atoms with Crippen molar-refractivity contribution in [3.05, 3.63) is 71.3 Å². The predicted molar refractivity (Wildman–Crippen MR) is 93.9 cm³/mol. The number of hydrogen-bond donors (Lipinski definition) is 1. The fourth-order valence-corrected chi connectivity index (χ4v) is 2.57. The fourth-order valence-electron chi connectivity index (χ4n) is 2.57. The topological polar surface area (TPSA) is 64.6 Å². The van der Waals surface area contributed by atoms with Gasteiger partial charge >= 0.3 is 5.97 Å². The summed E-state index contributed by atoms with van der Waals surface area (Å²) in [6, 6.07) is 16.9. The summed E-state index contributed by atoms with van der Waals surface area (Å²) >= 11 is 0. The van der Waals surface area contributed by atoms with E-state index < -0.39 is 5.97 Å². The average molecular weight is 337 g/mol. The molecular formula is C20H19NO4. The van der Waals surface area contributed by atoms with Crippen LogP contribution in [-0.2, 0) is 14.3 Å². The number of amides is 1. The standard InChI is InChI=1S/C20H19NO4/c1-14(15-7-3-2-4-8-15)21-19(22)13-25-20(23)17-11-16-9-5-6-10-18(16)24-12-17/h2-11,14H,12-13H2,1H3,(H,21,22). The Bertz CT molecular complexity index is 798. The van der Waals surface area contributed by atoms with E-state index in [9.17, 15) is 9.59 Å². The Morgan fingerprint density at radius 2 is 1.84 bits per heavy atom. The molecule has 1 amide bonds. The molecule has 5 heteroatoms. The Kier molecular flexibility index (Phi) is 5.14. The van der Waals surface area contributed by atoms with Gasteiger partial charge in [-0.1, -0.05) is 48.5 Å². The maximum atomic E-state index is 12.1. The van der Waals surface area contributed by atoms with Crippen LogP contribution in [0.25, 0.3) is 6.08 Å². The molecule has 2 aromatic carbocycles. The lowest BCUT2D eigenvalue weighted by Crippen LogP contribution is -2.31. The van der Waals surface area contributed by atoms with Crippen molar-refractivity contribution in [1.29, 1.82) is 0 Å². The molecule has 2 aromatic rings. The SMILES string of the molecule is CC(NC(=O)COC(=O)C1=Cc2ccccc2OC1)c1ccccc1. The van der Waals surface area contributed by atoms with Crippen LogP contribution in [0.1, 0.15) is 24.1 Å². The number of ether oxygens (including phenoxy) is 2. The summed E-state index contributed by atoms with van der Waals surface area (Å²) in [5.41, 5.74) is 2.20.